The van der Waals surface area contributed by atoms with Gasteiger partial charge in [0.2, 0.25) is 5.91 Å². The van der Waals surface area contributed by atoms with E-state index in [0.717, 1.165) is 11.1 Å². The van der Waals surface area contributed by atoms with Crippen molar-refractivity contribution in [2.24, 2.45) is 0 Å². The molecule has 0 spiro atoms. The van der Waals surface area contributed by atoms with E-state index in [1.807, 2.05) is 30.3 Å². The highest BCUT2D eigenvalue weighted by Gasteiger charge is 2.43. The highest BCUT2D eigenvalue weighted by molar-refractivity contribution is 5.96. The molecule has 4 rings (SSSR count). The van der Waals surface area contributed by atoms with Crippen molar-refractivity contribution in [3.8, 4) is 5.75 Å². The first-order valence-corrected chi connectivity index (χ1v) is 9.88. The Bertz CT molecular complexity index is 1070. The number of hydrogen-bond acceptors (Lipinski definition) is 3. The maximum atomic E-state index is 13.6. The van der Waals surface area contributed by atoms with Gasteiger partial charge in [0, 0.05) is 12.1 Å². The third-order valence-corrected chi connectivity index (χ3v) is 5.21. The molecule has 7 heteroatoms. The van der Waals surface area contributed by atoms with Crippen LogP contribution in [-0.2, 0) is 11.2 Å². The summed E-state index contributed by atoms with van der Waals surface area (Å²) in [7, 11) is 1.57. The van der Waals surface area contributed by atoms with Crippen molar-refractivity contribution < 1.29 is 18.7 Å². The van der Waals surface area contributed by atoms with Gasteiger partial charge in [0.1, 0.15) is 23.8 Å². The number of carbonyl (C=O) groups is 2. The van der Waals surface area contributed by atoms with Gasteiger partial charge in [-0.15, -0.1) is 0 Å². The largest absolute Gasteiger partial charge is 0.497 e. The number of urea groups is 1. The van der Waals surface area contributed by atoms with Crippen molar-refractivity contribution in [1.29, 1.82) is 0 Å². The Morgan fingerprint density at radius 3 is 2.48 bits per heavy atom. The van der Waals surface area contributed by atoms with Crippen LogP contribution in [0, 0.1) is 5.82 Å². The van der Waals surface area contributed by atoms with Crippen LogP contribution >= 0.6 is 0 Å². The number of ether oxygens (including phenoxy) is 1. The summed E-state index contributed by atoms with van der Waals surface area (Å²) >= 11 is 0. The van der Waals surface area contributed by atoms with E-state index in [1.54, 1.807) is 37.4 Å². The molecule has 1 aliphatic heterocycles. The summed E-state index contributed by atoms with van der Waals surface area (Å²) in [5.41, 5.74) is 1.98. The molecular formula is C24H22FN3O3. The molecule has 0 bridgehead atoms. The molecule has 1 fully saturated rings. The first kappa shape index (κ1) is 20.4. The Kier molecular flexibility index (Phi) is 5.84. The third-order valence-electron chi connectivity index (χ3n) is 5.21. The maximum absolute atomic E-state index is 13.6. The van der Waals surface area contributed by atoms with Crippen molar-refractivity contribution in [2.75, 3.05) is 12.4 Å². The van der Waals surface area contributed by atoms with Crippen LogP contribution in [0.2, 0.25) is 0 Å². The minimum absolute atomic E-state index is 0.251. The fraction of sp³-hybridized carbons (Fsp3) is 0.167. The topological polar surface area (TPSA) is 70.7 Å². The average Bonchev–Trinajstić information content (AvgIpc) is 3.10. The molecule has 3 aromatic carbocycles. The summed E-state index contributed by atoms with van der Waals surface area (Å²) < 4.78 is 18.8. The van der Waals surface area contributed by atoms with Crippen molar-refractivity contribution in [1.82, 2.24) is 10.2 Å². The van der Waals surface area contributed by atoms with Crippen LogP contribution in [-0.4, -0.2) is 30.0 Å². The van der Waals surface area contributed by atoms with Gasteiger partial charge < -0.3 is 15.4 Å². The molecule has 158 valence electrons. The Morgan fingerprint density at radius 2 is 1.81 bits per heavy atom. The van der Waals surface area contributed by atoms with Crippen LogP contribution in [0.1, 0.15) is 17.3 Å². The number of nitrogens with one attached hydrogen (secondary N) is 2. The monoisotopic (exact) mass is 419 g/mol. The first-order valence-electron chi connectivity index (χ1n) is 9.88. The predicted molar refractivity (Wildman–Crippen MR) is 115 cm³/mol. The fourth-order valence-electron chi connectivity index (χ4n) is 3.68. The van der Waals surface area contributed by atoms with E-state index in [1.165, 1.54) is 23.1 Å². The second kappa shape index (κ2) is 8.87. The standard InChI is InChI=1S/C24H22FN3O3/c1-31-20-12-10-17(11-13-20)22-27-23(29)21(14-16-6-3-2-4-7-16)28(22)24(30)26-19-9-5-8-18(25)15-19/h2-13,15,21-22H,14H2,1H3,(H,26,30)(H,27,29). The second-order valence-electron chi connectivity index (χ2n) is 7.24. The van der Waals surface area contributed by atoms with E-state index in [9.17, 15) is 14.0 Å². The molecule has 6 nitrogen and oxygen atoms in total. The number of methoxy groups -OCH3 is 1. The van der Waals surface area contributed by atoms with Crippen molar-refractivity contribution in [2.45, 2.75) is 18.6 Å². The van der Waals surface area contributed by atoms with Crippen LogP contribution in [0.25, 0.3) is 0 Å². The SMILES string of the molecule is COc1ccc(C2NC(=O)C(Cc3ccccc3)N2C(=O)Nc2cccc(F)c2)cc1. The molecule has 0 radical (unpaired) electrons. The Morgan fingerprint density at radius 1 is 1.06 bits per heavy atom. The smallest absolute Gasteiger partial charge is 0.324 e. The molecule has 2 atom stereocenters. The molecule has 3 amide bonds. The van der Waals surface area contributed by atoms with E-state index >= 15 is 0 Å². The molecule has 0 saturated carbocycles. The van der Waals surface area contributed by atoms with Gasteiger partial charge in [-0.05, 0) is 41.5 Å². The van der Waals surface area contributed by atoms with Crippen molar-refractivity contribution >= 4 is 17.6 Å². The molecule has 31 heavy (non-hydrogen) atoms. The summed E-state index contributed by atoms with van der Waals surface area (Å²) in [6, 6.07) is 21.1. The van der Waals surface area contributed by atoms with E-state index in [2.05, 4.69) is 10.6 Å². The van der Waals surface area contributed by atoms with Gasteiger partial charge in [-0.3, -0.25) is 9.69 Å². The van der Waals surface area contributed by atoms with Gasteiger partial charge in [0.05, 0.1) is 7.11 Å². The molecule has 2 unspecified atom stereocenters. The molecule has 1 saturated heterocycles. The maximum Gasteiger partial charge on any atom is 0.324 e. The number of carbonyl (C=O) groups excluding carboxylic acids is 2. The Balaban J connectivity index is 1.66. The van der Waals surface area contributed by atoms with Crippen molar-refractivity contribution in [3.63, 3.8) is 0 Å². The van der Waals surface area contributed by atoms with Crippen LogP contribution in [0.15, 0.2) is 78.9 Å². The molecule has 3 aromatic rings. The normalized spacial score (nSPS) is 17.9. The summed E-state index contributed by atoms with van der Waals surface area (Å²) in [5.74, 6) is -0.0373. The van der Waals surface area contributed by atoms with Gasteiger partial charge >= 0.3 is 6.03 Å². The van der Waals surface area contributed by atoms with E-state index in [-0.39, 0.29) is 5.91 Å². The second-order valence-corrected chi connectivity index (χ2v) is 7.24. The number of benzene rings is 3. The van der Waals surface area contributed by atoms with Gasteiger partial charge in [-0.25, -0.2) is 9.18 Å². The summed E-state index contributed by atoms with van der Waals surface area (Å²) in [6.07, 6.45) is -0.309. The molecule has 1 aliphatic rings. The van der Waals surface area contributed by atoms with E-state index in [4.69, 9.17) is 4.74 Å². The highest BCUT2D eigenvalue weighted by atomic mass is 19.1. The van der Waals surface area contributed by atoms with E-state index in [0.29, 0.717) is 17.9 Å². The number of nitrogens with zero attached hydrogens (tertiary/aromatic N) is 1. The molecule has 0 aromatic heterocycles. The first-order chi connectivity index (χ1) is 15.0. The number of amides is 3. The minimum Gasteiger partial charge on any atom is -0.497 e. The Labute approximate surface area is 179 Å². The summed E-state index contributed by atoms with van der Waals surface area (Å²) in [4.78, 5) is 27.6. The number of hydrogen-bond donors (Lipinski definition) is 2. The third kappa shape index (κ3) is 4.50. The zero-order chi connectivity index (χ0) is 21.8. The number of anilines is 1. The lowest BCUT2D eigenvalue weighted by atomic mass is 10.0. The zero-order valence-corrected chi connectivity index (χ0v) is 16.9. The molecule has 0 aliphatic carbocycles. The van der Waals surface area contributed by atoms with Crippen LogP contribution in [0.5, 0.6) is 5.75 Å². The fourth-order valence-corrected chi connectivity index (χ4v) is 3.68. The number of halogens is 1. The zero-order valence-electron chi connectivity index (χ0n) is 16.9. The van der Waals surface area contributed by atoms with Gasteiger partial charge in [-0.1, -0.05) is 48.5 Å². The van der Waals surface area contributed by atoms with Gasteiger partial charge in [0.15, 0.2) is 0 Å². The lowest BCUT2D eigenvalue weighted by Crippen LogP contribution is -2.43. The quantitative estimate of drug-likeness (QED) is 0.654. The molecule has 1 heterocycles. The summed E-state index contributed by atoms with van der Waals surface area (Å²) in [5, 5.41) is 5.63. The lowest BCUT2D eigenvalue weighted by molar-refractivity contribution is -0.121. The van der Waals surface area contributed by atoms with Crippen molar-refractivity contribution in [3.05, 3.63) is 95.8 Å². The Hall–Kier alpha value is -3.87. The van der Waals surface area contributed by atoms with Crippen LogP contribution in [0.3, 0.4) is 0 Å². The van der Waals surface area contributed by atoms with Crippen LogP contribution in [0.4, 0.5) is 14.9 Å². The average molecular weight is 419 g/mol. The highest BCUT2D eigenvalue weighted by Crippen LogP contribution is 2.30. The summed E-state index contributed by atoms with van der Waals surface area (Å²) in [6.45, 7) is 0. The molecular weight excluding hydrogens is 397 g/mol. The molecule has 2 N–H and O–H groups in total. The van der Waals surface area contributed by atoms with Gasteiger partial charge in [0.25, 0.3) is 0 Å². The minimum atomic E-state index is -0.719. The van der Waals surface area contributed by atoms with Crippen LogP contribution < -0.4 is 15.4 Å². The predicted octanol–water partition coefficient (Wildman–Crippen LogP) is 4.11. The van der Waals surface area contributed by atoms with E-state index < -0.39 is 24.1 Å². The van der Waals surface area contributed by atoms with Gasteiger partial charge in [-0.2, -0.15) is 0 Å². The number of rotatable bonds is 5. The lowest BCUT2D eigenvalue weighted by Gasteiger charge is -2.28.